The second kappa shape index (κ2) is 23.7. The Labute approximate surface area is 406 Å². The Bertz CT molecular complexity index is 2540. The predicted molar refractivity (Wildman–Crippen MR) is 288 cm³/mol. The van der Waals surface area contributed by atoms with Crippen molar-refractivity contribution in [2.45, 2.75) is 123 Å². The third kappa shape index (κ3) is 12.3. The van der Waals surface area contributed by atoms with E-state index in [9.17, 15) is 9.59 Å². The van der Waals surface area contributed by atoms with Crippen LogP contribution in [0.1, 0.15) is 138 Å². The van der Waals surface area contributed by atoms with Crippen molar-refractivity contribution in [2.24, 2.45) is 0 Å². The zero-order chi connectivity index (χ0) is 47.2. The highest BCUT2D eigenvalue weighted by Gasteiger charge is 2.42. The Morgan fingerprint density at radius 3 is 1.28 bits per heavy atom. The number of fused-ring (bicyclic) bond motifs is 3. The molecule has 6 aromatic rings. The zero-order valence-corrected chi connectivity index (χ0v) is 41.4. The van der Waals surface area contributed by atoms with Crippen LogP contribution in [0.15, 0.2) is 132 Å². The van der Waals surface area contributed by atoms with Gasteiger partial charge in [-0.25, -0.2) is 0 Å². The molecule has 0 radical (unpaired) electrons. The maximum atomic E-state index is 13.4. The molecule has 1 aliphatic rings. The molecule has 0 bridgehead atoms. The Balaban J connectivity index is 1.24. The zero-order valence-electron chi connectivity index (χ0n) is 39.7. The van der Waals surface area contributed by atoms with Crippen LogP contribution in [0.2, 0.25) is 0 Å². The molecular weight excluding hydrogens is 861 g/mol. The molecule has 0 saturated heterocycles. The van der Waals surface area contributed by atoms with Gasteiger partial charge in [-0.1, -0.05) is 152 Å². The minimum atomic E-state index is -0.287. The van der Waals surface area contributed by atoms with E-state index >= 15 is 0 Å². The molecule has 2 heterocycles. The lowest BCUT2D eigenvalue weighted by Crippen LogP contribution is -2.25. The third-order valence-corrected chi connectivity index (χ3v) is 15.2. The number of para-hydroxylation sites is 2. The average molecular weight is 927 g/mol. The van der Waals surface area contributed by atoms with Crippen LogP contribution in [-0.4, -0.2) is 23.2 Å². The highest BCUT2D eigenvalue weighted by Crippen LogP contribution is 2.56. The standard InChI is InChI=1S/C59H66N4O2S2/c1-5-7-9-11-13-21-35-59(36-22-14-12-10-8-6-2)53-37-43(55-33-29-47(66-55)39-51(41(3)60)57(64)62-45-23-17-15-18-24-45)27-31-49(53)50-32-28-44(38-54(50)59)56-34-30-48(67-56)40-52(42(4)61)58(65)63-46-25-19-16-20-26-46/h15-20,23-34,37-40,60-61H,5-14,21-22,35-36H2,1-4H3,(H,62,64)(H,63,65)/b51-39+,52-40+,60-41?,61-42?. The van der Waals surface area contributed by atoms with Crippen molar-refractivity contribution >= 4 is 69.4 Å². The molecule has 0 atom stereocenters. The fourth-order valence-corrected chi connectivity index (χ4v) is 11.4. The van der Waals surface area contributed by atoms with Gasteiger partial charge in [0.05, 0.1) is 11.1 Å². The van der Waals surface area contributed by atoms with E-state index in [0.29, 0.717) is 22.5 Å². The van der Waals surface area contributed by atoms with Gasteiger partial charge in [0.15, 0.2) is 0 Å². The van der Waals surface area contributed by atoms with Crippen molar-refractivity contribution in [3.8, 4) is 32.0 Å². The lowest BCUT2D eigenvalue weighted by Gasteiger charge is -2.33. The van der Waals surface area contributed by atoms with Crippen molar-refractivity contribution in [2.75, 3.05) is 10.6 Å². The summed E-state index contributed by atoms with van der Waals surface area (Å²) in [5.74, 6) is -0.574. The summed E-state index contributed by atoms with van der Waals surface area (Å²) in [7, 11) is 0. The van der Waals surface area contributed by atoms with Crippen LogP contribution in [0.4, 0.5) is 11.4 Å². The van der Waals surface area contributed by atoms with Gasteiger partial charge in [-0.05, 0) is 133 Å². The number of anilines is 2. The van der Waals surface area contributed by atoms with Crippen molar-refractivity contribution < 1.29 is 9.59 Å². The van der Waals surface area contributed by atoms with Crippen LogP contribution >= 0.6 is 22.7 Å². The molecule has 2 aromatic heterocycles. The molecule has 0 spiro atoms. The number of amides is 2. The normalized spacial score (nSPS) is 13.0. The van der Waals surface area contributed by atoms with E-state index in [1.807, 2.05) is 72.8 Å². The summed E-state index contributed by atoms with van der Waals surface area (Å²) >= 11 is 3.32. The number of carbonyl (C=O) groups excluding carboxylic acids is 2. The highest BCUT2D eigenvalue weighted by atomic mass is 32.1. The first-order chi connectivity index (χ1) is 32.6. The quantitative estimate of drug-likeness (QED) is 0.0276. The smallest absolute Gasteiger partial charge is 0.257 e. The van der Waals surface area contributed by atoms with Crippen LogP contribution in [0.3, 0.4) is 0 Å². The fraction of sp³-hybridized carbons (Fsp3) is 0.322. The molecule has 8 heteroatoms. The molecular formula is C59H66N4O2S2. The fourth-order valence-electron chi connectivity index (χ4n) is 9.46. The molecule has 1 aliphatic carbocycles. The Hall–Kier alpha value is -5.96. The number of nitrogens with one attached hydrogen (secondary N) is 4. The lowest BCUT2D eigenvalue weighted by atomic mass is 9.70. The molecule has 0 saturated carbocycles. The minimum Gasteiger partial charge on any atom is -0.322 e. The number of rotatable bonds is 24. The van der Waals surface area contributed by atoms with Crippen LogP contribution in [0.5, 0.6) is 0 Å². The van der Waals surface area contributed by atoms with Crippen LogP contribution < -0.4 is 10.6 Å². The summed E-state index contributed by atoms with van der Waals surface area (Å²) in [6, 6.07) is 41.4. The molecule has 346 valence electrons. The molecule has 0 aliphatic heterocycles. The Kier molecular flexibility index (Phi) is 17.3. The van der Waals surface area contributed by atoms with Gasteiger partial charge in [0.25, 0.3) is 11.8 Å². The van der Waals surface area contributed by atoms with Crippen LogP contribution in [-0.2, 0) is 15.0 Å². The SMILES string of the molecule is CCCCCCCCC1(CCCCCCCC)c2cc(-c3ccc(/C=C(\C(C)=N)C(=O)Nc4ccccc4)s3)ccc2-c2ccc(-c3ccc(/C=C(\C(C)=N)C(=O)Nc4ccccc4)s3)cc21. The van der Waals surface area contributed by atoms with E-state index in [-0.39, 0.29) is 28.7 Å². The molecule has 7 rings (SSSR count). The van der Waals surface area contributed by atoms with E-state index in [2.05, 4.69) is 85.1 Å². The molecule has 0 unspecified atom stereocenters. The summed E-state index contributed by atoms with van der Waals surface area (Å²) in [5.41, 5.74) is 10.3. The minimum absolute atomic E-state index is 0.147. The van der Waals surface area contributed by atoms with Gasteiger partial charge < -0.3 is 21.5 Å². The number of hydrogen-bond donors (Lipinski definition) is 4. The molecule has 6 nitrogen and oxygen atoms in total. The Morgan fingerprint density at radius 2 is 0.896 bits per heavy atom. The van der Waals surface area contributed by atoms with E-state index in [0.717, 1.165) is 32.4 Å². The number of carbonyl (C=O) groups is 2. The van der Waals surface area contributed by atoms with Gasteiger partial charge in [0.2, 0.25) is 0 Å². The number of hydrogen-bond acceptors (Lipinski definition) is 6. The van der Waals surface area contributed by atoms with Gasteiger partial charge >= 0.3 is 0 Å². The van der Waals surface area contributed by atoms with E-state index in [1.54, 1.807) is 36.5 Å². The second-order valence-corrected chi connectivity index (χ2v) is 20.3. The molecule has 4 aromatic carbocycles. The van der Waals surface area contributed by atoms with Gasteiger partial charge in [-0.15, -0.1) is 22.7 Å². The van der Waals surface area contributed by atoms with Gasteiger partial charge in [-0.3, -0.25) is 9.59 Å². The molecule has 67 heavy (non-hydrogen) atoms. The molecule has 4 N–H and O–H groups in total. The summed E-state index contributed by atoms with van der Waals surface area (Å²) in [4.78, 5) is 30.9. The summed E-state index contributed by atoms with van der Waals surface area (Å²) in [6.45, 7) is 7.90. The van der Waals surface area contributed by atoms with Gasteiger partial charge in [0, 0.05) is 47.7 Å². The van der Waals surface area contributed by atoms with Crippen molar-refractivity contribution in [3.63, 3.8) is 0 Å². The second-order valence-electron chi connectivity index (χ2n) is 18.0. The largest absolute Gasteiger partial charge is 0.322 e. The first kappa shape index (κ1) is 49.0. The van der Waals surface area contributed by atoms with Gasteiger partial charge in [0.1, 0.15) is 0 Å². The van der Waals surface area contributed by atoms with Gasteiger partial charge in [-0.2, -0.15) is 0 Å². The number of thiophene rings is 2. The van der Waals surface area contributed by atoms with Crippen LogP contribution in [0.25, 0.3) is 44.2 Å². The monoisotopic (exact) mass is 926 g/mol. The van der Waals surface area contributed by atoms with Crippen molar-refractivity contribution in [1.29, 1.82) is 10.8 Å². The number of unbranched alkanes of at least 4 members (excludes halogenated alkanes) is 10. The van der Waals surface area contributed by atoms with Crippen LogP contribution in [0, 0.1) is 10.8 Å². The van der Waals surface area contributed by atoms with Crippen molar-refractivity contribution in [3.05, 3.63) is 153 Å². The third-order valence-electron chi connectivity index (χ3n) is 13.0. The predicted octanol–water partition coefficient (Wildman–Crippen LogP) is 17.0. The molecule has 0 fully saturated rings. The van der Waals surface area contributed by atoms with Crippen molar-refractivity contribution in [1.82, 2.24) is 0 Å². The topological polar surface area (TPSA) is 106 Å². The van der Waals surface area contributed by atoms with E-state index in [4.69, 9.17) is 10.8 Å². The lowest BCUT2D eigenvalue weighted by molar-refractivity contribution is -0.113. The molecule has 2 amide bonds. The highest BCUT2D eigenvalue weighted by molar-refractivity contribution is 7.16. The average Bonchev–Trinajstić information content (AvgIpc) is 4.07. The van der Waals surface area contributed by atoms with E-state index in [1.165, 1.54) is 110 Å². The van der Waals surface area contributed by atoms with E-state index < -0.39 is 0 Å². The summed E-state index contributed by atoms with van der Waals surface area (Å²) in [6.07, 6.45) is 20.8. The first-order valence-electron chi connectivity index (χ1n) is 24.4. The maximum Gasteiger partial charge on any atom is 0.257 e. The summed E-state index contributed by atoms with van der Waals surface area (Å²) < 4.78 is 0. The maximum absolute atomic E-state index is 13.4. The first-order valence-corrected chi connectivity index (χ1v) is 26.0. The summed E-state index contributed by atoms with van der Waals surface area (Å²) in [5, 5.41) is 22.9. The Morgan fingerprint density at radius 1 is 0.507 bits per heavy atom. The number of benzene rings is 4.